The highest BCUT2D eigenvalue weighted by molar-refractivity contribution is 5.95. The molecular weight excluding hydrogens is 288 g/mol. The first-order valence-electron chi connectivity index (χ1n) is 6.85. The van der Waals surface area contributed by atoms with Crippen LogP contribution in [0.5, 0.6) is 0 Å². The number of rotatable bonds is 2. The van der Waals surface area contributed by atoms with Crippen molar-refractivity contribution in [2.45, 2.75) is 43.8 Å². The third-order valence-electron chi connectivity index (χ3n) is 4.15. The van der Waals surface area contributed by atoms with Gasteiger partial charge in [0, 0.05) is 24.2 Å². The largest absolute Gasteiger partial charge is 0.349 e. The fourth-order valence-electron chi connectivity index (χ4n) is 3.21. The molecule has 2 aliphatic heterocycles. The van der Waals surface area contributed by atoms with Crippen molar-refractivity contribution < 1.29 is 22.4 Å². The summed E-state index contributed by atoms with van der Waals surface area (Å²) in [7, 11) is 0. The zero-order chi connectivity index (χ0) is 15.1. The fraction of sp³-hybridized carbons (Fsp3) is 0.500. The molecule has 1 unspecified atom stereocenters. The van der Waals surface area contributed by atoms with E-state index in [1.165, 1.54) is 0 Å². The molecule has 2 bridgehead atoms. The molecule has 2 heterocycles. The number of carbonyl (C=O) groups excluding carboxylic acids is 1. The van der Waals surface area contributed by atoms with Gasteiger partial charge in [-0.25, -0.2) is 17.6 Å². The van der Waals surface area contributed by atoms with Crippen molar-refractivity contribution in [3.63, 3.8) is 0 Å². The highest BCUT2D eigenvalue weighted by Crippen LogP contribution is 2.27. The minimum Gasteiger partial charge on any atom is -0.349 e. The summed E-state index contributed by atoms with van der Waals surface area (Å²) in [6.45, 7) is 0. The summed E-state index contributed by atoms with van der Waals surface area (Å²) >= 11 is 0. The standard InChI is InChI=1S/C14H14F4N2O/c15-9-5-10(16)13(18)11(12(9)17)14(21)20-8-3-6-1-2-7(4-8)19-6/h5-8,19H,1-4H2,(H,20,21)/t6-,7+,8?. The average molecular weight is 302 g/mol. The predicted octanol–water partition coefficient (Wildman–Crippen LogP) is 2.26. The first kappa shape index (κ1) is 14.3. The Hall–Kier alpha value is -1.63. The molecule has 0 radical (unpaired) electrons. The van der Waals surface area contributed by atoms with E-state index in [4.69, 9.17) is 0 Å². The van der Waals surface area contributed by atoms with Crippen LogP contribution in [0.15, 0.2) is 6.07 Å². The molecule has 0 aromatic heterocycles. The molecule has 0 saturated carbocycles. The van der Waals surface area contributed by atoms with Gasteiger partial charge >= 0.3 is 0 Å². The van der Waals surface area contributed by atoms with Crippen LogP contribution in [-0.2, 0) is 0 Å². The van der Waals surface area contributed by atoms with Crippen LogP contribution < -0.4 is 10.6 Å². The molecule has 21 heavy (non-hydrogen) atoms. The molecule has 2 fully saturated rings. The van der Waals surface area contributed by atoms with E-state index in [0.29, 0.717) is 12.8 Å². The van der Waals surface area contributed by atoms with E-state index in [1.807, 2.05) is 0 Å². The van der Waals surface area contributed by atoms with Gasteiger partial charge in [-0.1, -0.05) is 0 Å². The SMILES string of the molecule is O=C(NC1C[C@H]2CC[C@@H](C1)N2)c1c(F)c(F)cc(F)c1F. The number of hydrogen-bond donors (Lipinski definition) is 2. The van der Waals surface area contributed by atoms with Gasteiger partial charge in [-0.15, -0.1) is 0 Å². The van der Waals surface area contributed by atoms with Crippen LogP contribution in [-0.4, -0.2) is 24.0 Å². The van der Waals surface area contributed by atoms with E-state index >= 15 is 0 Å². The highest BCUT2D eigenvalue weighted by Gasteiger charge is 2.35. The number of piperidine rings is 1. The summed E-state index contributed by atoms with van der Waals surface area (Å²) in [4.78, 5) is 11.9. The Morgan fingerprint density at radius 3 is 2.10 bits per heavy atom. The number of carbonyl (C=O) groups is 1. The second-order valence-electron chi connectivity index (χ2n) is 5.62. The Kier molecular flexibility index (Phi) is 3.61. The minimum absolute atomic E-state index is 0.0895. The van der Waals surface area contributed by atoms with Crippen LogP contribution in [0.25, 0.3) is 0 Å². The number of nitrogens with one attached hydrogen (secondary N) is 2. The maximum atomic E-state index is 13.6. The second-order valence-corrected chi connectivity index (χ2v) is 5.62. The van der Waals surface area contributed by atoms with Crippen LogP contribution in [0.1, 0.15) is 36.0 Å². The molecule has 0 spiro atoms. The third kappa shape index (κ3) is 2.62. The third-order valence-corrected chi connectivity index (χ3v) is 4.15. The first-order valence-corrected chi connectivity index (χ1v) is 6.85. The normalized spacial score (nSPS) is 27.7. The maximum absolute atomic E-state index is 13.6. The van der Waals surface area contributed by atoms with Crippen molar-refractivity contribution >= 4 is 5.91 Å². The predicted molar refractivity (Wildman–Crippen MR) is 66.7 cm³/mol. The minimum atomic E-state index is -1.66. The van der Waals surface area contributed by atoms with Gasteiger partial charge in [0.05, 0.1) is 0 Å². The van der Waals surface area contributed by atoms with Gasteiger partial charge in [0.25, 0.3) is 5.91 Å². The van der Waals surface area contributed by atoms with Gasteiger partial charge in [0.2, 0.25) is 0 Å². The number of hydrogen-bond acceptors (Lipinski definition) is 2. The van der Waals surface area contributed by atoms with Gasteiger partial charge in [-0.3, -0.25) is 4.79 Å². The van der Waals surface area contributed by atoms with E-state index in [9.17, 15) is 22.4 Å². The number of amides is 1. The van der Waals surface area contributed by atoms with E-state index in [1.54, 1.807) is 0 Å². The van der Waals surface area contributed by atoms with Crippen LogP contribution in [0.2, 0.25) is 0 Å². The molecule has 3 nitrogen and oxygen atoms in total. The van der Waals surface area contributed by atoms with Crippen LogP contribution in [0, 0.1) is 23.3 Å². The lowest BCUT2D eigenvalue weighted by molar-refractivity contribution is 0.0913. The van der Waals surface area contributed by atoms with Gasteiger partial charge < -0.3 is 10.6 Å². The topological polar surface area (TPSA) is 41.1 Å². The lowest BCUT2D eigenvalue weighted by Crippen LogP contribution is -2.48. The molecule has 3 atom stereocenters. The van der Waals surface area contributed by atoms with Crippen LogP contribution in [0.4, 0.5) is 17.6 Å². The summed E-state index contributed by atoms with van der Waals surface area (Å²) in [6.07, 6.45) is 3.27. The molecule has 3 rings (SSSR count). The number of benzene rings is 1. The summed E-state index contributed by atoms with van der Waals surface area (Å²) in [5.74, 6) is -7.60. The number of halogens is 4. The van der Waals surface area contributed by atoms with Gasteiger partial charge in [-0.05, 0) is 25.7 Å². The smallest absolute Gasteiger partial charge is 0.257 e. The Morgan fingerprint density at radius 1 is 1.05 bits per heavy atom. The molecule has 1 aromatic carbocycles. The molecule has 2 aliphatic rings. The molecule has 1 aromatic rings. The summed E-state index contributed by atoms with van der Waals surface area (Å²) in [6, 6.07) is 0.383. The molecule has 2 saturated heterocycles. The van der Waals surface area contributed by atoms with Crippen molar-refractivity contribution in [1.29, 1.82) is 0 Å². The monoisotopic (exact) mass is 302 g/mol. The molecule has 0 aliphatic carbocycles. The highest BCUT2D eigenvalue weighted by atomic mass is 19.2. The van der Waals surface area contributed by atoms with E-state index in [-0.39, 0.29) is 24.2 Å². The average Bonchev–Trinajstić information content (AvgIpc) is 2.76. The molecular formula is C14H14F4N2O. The molecule has 1 amide bonds. The van der Waals surface area contributed by atoms with Crippen molar-refractivity contribution in [1.82, 2.24) is 10.6 Å². The van der Waals surface area contributed by atoms with E-state index in [0.717, 1.165) is 12.8 Å². The molecule has 2 N–H and O–H groups in total. The van der Waals surface area contributed by atoms with Crippen molar-refractivity contribution in [2.24, 2.45) is 0 Å². The second kappa shape index (κ2) is 5.29. The van der Waals surface area contributed by atoms with Crippen LogP contribution >= 0.6 is 0 Å². The summed E-state index contributed by atoms with van der Waals surface area (Å²) < 4.78 is 53.4. The fourth-order valence-corrected chi connectivity index (χ4v) is 3.21. The van der Waals surface area contributed by atoms with Crippen molar-refractivity contribution in [3.05, 3.63) is 34.9 Å². The Bertz CT molecular complexity index is 555. The van der Waals surface area contributed by atoms with Crippen LogP contribution in [0.3, 0.4) is 0 Å². The zero-order valence-electron chi connectivity index (χ0n) is 11.1. The van der Waals surface area contributed by atoms with Crippen molar-refractivity contribution in [2.75, 3.05) is 0 Å². The lowest BCUT2D eigenvalue weighted by atomic mass is 9.99. The first-order chi connectivity index (χ1) is 9.95. The maximum Gasteiger partial charge on any atom is 0.257 e. The van der Waals surface area contributed by atoms with Gasteiger partial charge in [-0.2, -0.15) is 0 Å². The summed E-state index contributed by atoms with van der Waals surface area (Å²) in [5.41, 5.74) is -1.20. The Labute approximate surface area is 118 Å². The molecule has 7 heteroatoms. The van der Waals surface area contributed by atoms with E-state index < -0.39 is 34.7 Å². The van der Waals surface area contributed by atoms with Gasteiger partial charge in [0.1, 0.15) is 5.56 Å². The number of fused-ring (bicyclic) bond motifs is 2. The Morgan fingerprint density at radius 2 is 1.57 bits per heavy atom. The Balaban J connectivity index is 1.80. The lowest BCUT2D eigenvalue weighted by Gasteiger charge is -2.29. The van der Waals surface area contributed by atoms with Crippen molar-refractivity contribution in [3.8, 4) is 0 Å². The zero-order valence-corrected chi connectivity index (χ0v) is 11.1. The quantitative estimate of drug-likeness (QED) is 0.650. The van der Waals surface area contributed by atoms with Gasteiger partial charge in [0.15, 0.2) is 23.3 Å². The molecule has 114 valence electrons. The summed E-state index contributed by atoms with van der Waals surface area (Å²) in [5, 5.41) is 5.83. The van der Waals surface area contributed by atoms with E-state index in [2.05, 4.69) is 10.6 Å².